The lowest BCUT2D eigenvalue weighted by Gasteiger charge is -2.19. The Hall–Kier alpha value is -1.76. The van der Waals surface area contributed by atoms with Gasteiger partial charge in [-0.1, -0.05) is 19.3 Å². The molecule has 23 heavy (non-hydrogen) atoms. The Balaban J connectivity index is 1.41. The van der Waals surface area contributed by atoms with E-state index in [2.05, 4.69) is 20.9 Å². The molecule has 1 N–H and O–H groups in total. The van der Waals surface area contributed by atoms with Crippen LogP contribution in [0, 0.1) is 6.92 Å². The number of hydrogen-bond acceptors (Lipinski definition) is 6. The summed E-state index contributed by atoms with van der Waals surface area (Å²) in [6, 6.07) is 0. The fourth-order valence-electron chi connectivity index (χ4n) is 2.94. The Bertz CT molecular complexity index is 646. The van der Waals surface area contributed by atoms with Gasteiger partial charge in [-0.05, 0) is 12.8 Å². The number of hydrogen-bond donors (Lipinski definition) is 1. The number of thiazole rings is 1. The van der Waals surface area contributed by atoms with E-state index >= 15 is 0 Å². The second-order valence-corrected chi connectivity index (χ2v) is 6.94. The number of aryl methyl sites for hydroxylation is 1. The fourth-order valence-corrected chi connectivity index (χ4v) is 3.82. The normalized spacial score (nSPS) is 15.7. The third-order valence-corrected chi connectivity index (χ3v) is 5.06. The quantitative estimate of drug-likeness (QED) is 0.878. The molecule has 3 rings (SSSR count). The fraction of sp³-hybridized carbons (Fsp3) is 0.625. The van der Waals surface area contributed by atoms with Crippen molar-refractivity contribution in [1.82, 2.24) is 20.5 Å². The van der Waals surface area contributed by atoms with Crippen molar-refractivity contribution >= 4 is 17.2 Å². The first-order chi connectivity index (χ1) is 11.2. The molecule has 1 saturated carbocycles. The minimum absolute atomic E-state index is 0.0993. The van der Waals surface area contributed by atoms with Crippen molar-refractivity contribution in [2.45, 2.75) is 57.8 Å². The predicted octanol–water partition coefficient (Wildman–Crippen LogP) is 2.78. The van der Waals surface area contributed by atoms with Gasteiger partial charge < -0.3 is 9.73 Å². The van der Waals surface area contributed by atoms with E-state index in [1.54, 1.807) is 18.3 Å². The molecule has 0 spiro atoms. The largest absolute Gasteiger partial charge is 0.425 e. The van der Waals surface area contributed by atoms with Crippen LogP contribution in [0.5, 0.6) is 0 Å². The summed E-state index contributed by atoms with van der Waals surface area (Å²) in [7, 11) is 0. The summed E-state index contributed by atoms with van der Waals surface area (Å²) in [5.74, 6) is 1.38. The average molecular weight is 334 g/mol. The van der Waals surface area contributed by atoms with Crippen LogP contribution in [0.2, 0.25) is 0 Å². The van der Waals surface area contributed by atoms with Crippen molar-refractivity contribution in [3.05, 3.63) is 27.9 Å². The molecule has 1 fully saturated rings. The number of amides is 1. The highest BCUT2D eigenvalue weighted by atomic mass is 32.1. The molecule has 2 aromatic heterocycles. The minimum atomic E-state index is -0.0993. The van der Waals surface area contributed by atoms with Crippen molar-refractivity contribution in [1.29, 1.82) is 0 Å². The summed E-state index contributed by atoms with van der Waals surface area (Å²) in [5.41, 5.74) is 1.25. The Labute approximate surface area is 139 Å². The zero-order valence-corrected chi connectivity index (χ0v) is 14.2. The van der Waals surface area contributed by atoms with Gasteiger partial charge in [-0.25, -0.2) is 4.98 Å². The maximum atomic E-state index is 11.8. The Morgan fingerprint density at radius 2 is 2.17 bits per heavy atom. The molecular formula is C16H22N4O2S. The van der Waals surface area contributed by atoms with Crippen LogP contribution < -0.4 is 5.32 Å². The van der Waals surface area contributed by atoms with E-state index < -0.39 is 0 Å². The maximum Gasteiger partial charge on any atom is 0.229 e. The Morgan fingerprint density at radius 1 is 1.35 bits per heavy atom. The summed E-state index contributed by atoms with van der Waals surface area (Å²) in [6.07, 6.45) is 7.44. The second-order valence-electron chi connectivity index (χ2n) is 5.99. The van der Waals surface area contributed by atoms with Crippen LogP contribution in [0.4, 0.5) is 0 Å². The molecule has 0 aromatic carbocycles. The molecule has 0 saturated heterocycles. The summed E-state index contributed by atoms with van der Waals surface area (Å²) >= 11 is 1.70. The first-order valence-corrected chi connectivity index (χ1v) is 9.08. The molecule has 7 heteroatoms. The smallest absolute Gasteiger partial charge is 0.229 e. The van der Waals surface area contributed by atoms with Gasteiger partial charge in [-0.3, -0.25) is 4.79 Å². The van der Waals surface area contributed by atoms with E-state index in [0.29, 0.717) is 24.2 Å². The van der Waals surface area contributed by atoms with Gasteiger partial charge in [0.05, 0.1) is 10.7 Å². The molecule has 1 amide bonds. The predicted molar refractivity (Wildman–Crippen MR) is 87.4 cm³/mol. The van der Waals surface area contributed by atoms with Crippen LogP contribution in [0.25, 0.3) is 0 Å². The van der Waals surface area contributed by atoms with E-state index in [1.165, 1.54) is 37.8 Å². The summed E-state index contributed by atoms with van der Waals surface area (Å²) in [5, 5.41) is 13.7. The van der Waals surface area contributed by atoms with Gasteiger partial charge in [0.1, 0.15) is 6.42 Å². The molecule has 0 radical (unpaired) electrons. The van der Waals surface area contributed by atoms with Gasteiger partial charge in [0.2, 0.25) is 17.7 Å². The van der Waals surface area contributed by atoms with Gasteiger partial charge >= 0.3 is 0 Å². The molecule has 124 valence electrons. The third kappa shape index (κ3) is 4.60. The minimum Gasteiger partial charge on any atom is -0.425 e. The standard InChI is InChI=1S/C16H22N4O2S/c1-11-19-20-15(22-11)9-14(21)17-8-7-16-18-13(10-23-16)12-5-3-2-4-6-12/h10,12H,2-9H2,1H3,(H,17,21). The second kappa shape index (κ2) is 7.68. The SMILES string of the molecule is Cc1nnc(CC(=O)NCCc2nc(C3CCCCC3)cs2)o1. The highest BCUT2D eigenvalue weighted by Crippen LogP contribution is 2.33. The van der Waals surface area contributed by atoms with E-state index in [1.807, 2.05) is 0 Å². The highest BCUT2D eigenvalue weighted by Gasteiger charge is 2.18. The summed E-state index contributed by atoms with van der Waals surface area (Å²) < 4.78 is 5.20. The topological polar surface area (TPSA) is 80.9 Å². The number of carbonyl (C=O) groups is 1. The van der Waals surface area contributed by atoms with E-state index in [-0.39, 0.29) is 12.3 Å². The lowest BCUT2D eigenvalue weighted by molar-refractivity contribution is -0.120. The van der Waals surface area contributed by atoms with Crippen LogP contribution in [-0.2, 0) is 17.6 Å². The Kier molecular flexibility index (Phi) is 5.38. The number of nitrogens with zero attached hydrogens (tertiary/aromatic N) is 3. The van der Waals surface area contributed by atoms with Gasteiger partial charge in [-0.15, -0.1) is 21.5 Å². The van der Waals surface area contributed by atoms with Gasteiger partial charge in [0.25, 0.3) is 0 Å². The van der Waals surface area contributed by atoms with Crippen molar-refractivity contribution in [2.24, 2.45) is 0 Å². The van der Waals surface area contributed by atoms with E-state index in [4.69, 9.17) is 9.40 Å². The molecule has 2 heterocycles. The van der Waals surface area contributed by atoms with Crippen LogP contribution in [0.1, 0.15) is 60.5 Å². The molecule has 0 unspecified atom stereocenters. The zero-order valence-electron chi connectivity index (χ0n) is 13.4. The van der Waals surface area contributed by atoms with Gasteiger partial charge in [0.15, 0.2) is 0 Å². The van der Waals surface area contributed by atoms with E-state index in [0.717, 1.165) is 11.4 Å². The highest BCUT2D eigenvalue weighted by molar-refractivity contribution is 7.09. The van der Waals surface area contributed by atoms with Crippen LogP contribution >= 0.6 is 11.3 Å². The van der Waals surface area contributed by atoms with Crippen LogP contribution in [0.15, 0.2) is 9.80 Å². The zero-order chi connectivity index (χ0) is 16.1. The average Bonchev–Trinajstić information content (AvgIpc) is 3.17. The molecule has 0 aliphatic heterocycles. The molecule has 6 nitrogen and oxygen atoms in total. The molecule has 0 bridgehead atoms. The maximum absolute atomic E-state index is 11.8. The number of rotatable bonds is 6. The number of aromatic nitrogens is 3. The Morgan fingerprint density at radius 3 is 2.91 bits per heavy atom. The van der Waals surface area contributed by atoms with Crippen LogP contribution in [-0.4, -0.2) is 27.6 Å². The lowest BCUT2D eigenvalue weighted by atomic mass is 9.87. The first kappa shape index (κ1) is 16.1. The molecule has 0 atom stereocenters. The third-order valence-electron chi connectivity index (χ3n) is 4.13. The molecule has 2 aromatic rings. The molecular weight excluding hydrogens is 312 g/mol. The number of nitrogens with one attached hydrogen (secondary N) is 1. The van der Waals surface area contributed by atoms with Gasteiger partial charge in [-0.2, -0.15) is 0 Å². The van der Waals surface area contributed by atoms with Crippen molar-refractivity contribution < 1.29 is 9.21 Å². The van der Waals surface area contributed by atoms with E-state index in [9.17, 15) is 4.79 Å². The van der Waals surface area contributed by atoms with Crippen molar-refractivity contribution in [3.8, 4) is 0 Å². The first-order valence-electron chi connectivity index (χ1n) is 8.20. The monoisotopic (exact) mass is 334 g/mol. The summed E-state index contributed by atoms with van der Waals surface area (Å²) in [6.45, 7) is 2.30. The molecule has 1 aliphatic carbocycles. The van der Waals surface area contributed by atoms with Gasteiger partial charge in [0, 0.05) is 31.2 Å². The summed E-state index contributed by atoms with van der Waals surface area (Å²) in [4.78, 5) is 16.6. The van der Waals surface area contributed by atoms with Crippen molar-refractivity contribution in [2.75, 3.05) is 6.54 Å². The van der Waals surface area contributed by atoms with Crippen LogP contribution in [0.3, 0.4) is 0 Å². The van der Waals surface area contributed by atoms with Crippen molar-refractivity contribution in [3.63, 3.8) is 0 Å². The molecule has 1 aliphatic rings. The number of carbonyl (C=O) groups excluding carboxylic acids is 1. The lowest BCUT2D eigenvalue weighted by Crippen LogP contribution is -2.27.